The van der Waals surface area contributed by atoms with Crippen LogP contribution in [0.3, 0.4) is 0 Å². The topological polar surface area (TPSA) is 78.4 Å². The lowest BCUT2D eigenvalue weighted by Gasteiger charge is -2.07. The number of methoxy groups -OCH3 is 1. The molecule has 0 aliphatic heterocycles. The summed E-state index contributed by atoms with van der Waals surface area (Å²) in [7, 11) is 1.65. The Morgan fingerprint density at radius 2 is 1.10 bits per heavy atom. The van der Waals surface area contributed by atoms with Gasteiger partial charge in [-0.2, -0.15) is 0 Å². The monoisotopic (exact) mass is 295 g/mol. The highest BCUT2D eigenvalue weighted by atomic mass is 16.5. The summed E-state index contributed by atoms with van der Waals surface area (Å²) in [4.78, 5) is 0. The molecule has 0 aromatic carbocycles. The van der Waals surface area contributed by atoms with Crippen LogP contribution in [-0.2, 0) is 23.7 Å². The zero-order valence-electron chi connectivity index (χ0n) is 12.5. The normalized spacial score (nSPS) is 11.1. The van der Waals surface area contributed by atoms with E-state index in [0.717, 1.165) is 13.1 Å². The van der Waals surface area contributed by atoms with Gasteiger partial charge in [-0.25, -0.2) is 0 Å². The van der Waals surface area contributed by atoms with E-state index in [4.69, 9.17) is 28.8 Å². The van der Waals surface area contributed by atoms with Gasteiger partial charge in [0, 0.05) is 20.2 Å². The first kappa shape index (κ1) is 19.7. The number of ether oxygens (including phenoxy) is 5. The number of hydrogen-bond donors (Lipinski definition) is 2. The van der Waals surface area contributed by atoms with Gasteiger partial charge in [0.2, 0.25) is 0 Å². The molecule has 7 nitrogen and oxygen atoms in total. The van der Waals surface area contributed by atoms with Gasteiger partial charge in [0.1, 0.15) is 0 Å². The van der Waals surface area contributed by atoms with Crippen LogP contribution in [0.2, 0.25) is 0 Å². The van der Waals surface area contributed by atoms with Crippen LogP contribution in [0.4, 0.5) is 0 Å². The lowest BCUT2D eigenvalue weighted by atomic mass is 10.6. The van der Waals surface area contributed by atoms with Crippen molar-refractivity contribution in [2.75, 3.05) is 86.3 Å². The van der Waals surface area contributed by atoms with Crippen LogP contribution in [0.1, 0.15) is 0 Å². The molecule has 7 heteroatoms. The summed E-state index contributed by atoms with van der Waals surface area (Å²) in [5, 5.41) is 11.7. The molecule has 0 rings (SSSR count). The lowest BCUT2D eigenvalue weighted by Crippen LogP contribution is -2.25. The molecule has 0 fully saturated rings. The predicted octanol–water partition coefficient (Wildman–Crippen LogP) is -0.719. The van der Waals surface area contributed by atoms with Gasteiger partial charge in [0.25, 0.3) is 0 Å². The average Bonchev–Trinajstić information content (AvgIpc) is 2.47. The largest absolute Gasteiger partial charge is 0.394 e. The summed E-state index contributed by atoms with van der Waals surface area (Å²) in [6.07, 6.45) is 0. The molecule has 0 bridgehead atoms. The Hall–Kier alpha value is -0.280. The highest BCUT2D eigenvalue weighted by Crippen LogP contribution is 1.80. The van der Waals surface area contributed by atoms with Gasteiger partial charge in [-0.05, 0) is 0 Å². The molecule has 0 saturated carbocycles. The molecular weight excluding hydrogens is 266 g/mol. The van der Waals surface area contributed by atoms with E-state index in [1.165, 1.54) is 0 Å². The van der Waals surface area contributed by atoms with E-state index in [1.54, 1.807) is 7.11 Å². The first-order valence-corrected chi connectivity index (χ1v) is 7.03. The molecule has 0 amide bonds. The quantitative estimate of drug-likeness (QED) is 0.343. The third kappa shape index (κ3) is 17.7. The van der Waals surface area contributed by atoms with Gasteiger partial charge in [0.05, 0.1) is 66.1 Å². The van der Waals surface area contributed by atoms with Crippen LogP contribution in [0.25, 0.3) is 0 Å². The van der Waals surface area contributed by atoms with Crippen molar-refractivity contribution in [3.8, 4) is 0 Å². The Balaban J connectivity index is 2.89. The number of nitrogens with one attached hydrogen (secondary N) is 1. The molecule has 0 unspecified atom stereocenters. The van der Waals surface area contributed by atoms with Crippen molar-refractivity contribution in [1.82, 2.24) is 5.32 Å². The number of hydrogen-bond acceptors (Lipinski definition) is 7. The van der Waals surface area contributed by atoms with Crippen LogP contribution < -0.4 is 5.32 Å². The zero-order chi connectivity index (χ0) is 14.7. The maximum absolute atomic E-state index is 8.48. The second kappa shape index (κ2) is 18.7. The third-order valence-electron chi connectivity index (χ3n) is 2.26. The number of aliphatic hydroxyl groups excluding tert-OH is 1. The van der Waals surface area contributed by atoms with Crippen LogP contribution >= 0.6 is 0 Å². The summed E-state index contributed by atoms with van der Waals surface area (Å²) < 4.78 is 25.9. The van der Waals surface area contributed by atoms with Gasteiger partial charge in [-0.15, -0.1) is 0 Å². The Bertz CT molecular complexity index is 155. The molecule has 0 heterocycles. The fraction of sp³-hybridized carbons (Fsp3) is 1.00. The van der Waals surface area contributed by atoms with E-state index in [-0.39, 0.29) is 6.61 Å². The van der Waals surface area contributed by atoms with Crippen LogP contribution in [0, 0.1) is 0 Å². The van der Waals surface area contributed by atoms with Crippen LogP contribution in [-0.4, -0.2) is 91.4 Å². The minimum Gasteiger partial charge on any atom is -0.394 e. The van der Waals surface area contributed by atoms with Crippen molar-refractivity contribution < 1.29 is 28.8 Å². The Morgan fingerprint density at radius 3 is 1.60 bits per heavy atom. The third-order valence-corrected chi connectivity index (χ3v) is 2.26. The second-order valence-electron chi connectivity index (χ2n) is 3.92. The molecule has 0 saturated heterocycles. The Labute approximate surface area is 121 Å². The first-order valence-electron chi connectivity index (χ1n) is 7.03. The standard InChI is InChI=1S/C13H29NO6/c1-16-8-9-20-13-11-18-6-3-14-2-5-17-10-12-19-7-4-15/h14-15H,2-13H2,1H3. The average molecular weight is 295 g/mol. The van der Waals surface area contributed by atoms with Crippen molar-refractivity contribution in [3.63, 3.8) is 0 Å². The van der Waals surface area contributed by atoms with Crippen LogP contribution in [0.15, 0.2) is 0 Å². The van der Waals surface area contributed by atoms with E-state index in [1.807, 2.05) is 0 Å². The summed E-state index contributed by atoms with van der Waals surface area (Å²) >= 11 is 0. The Morgan fingerprint density at radius 1 is 0.650 bits per heavy atom. The van der Waals surface area contributed by atoms with Crippen molar-refractivity contribution in [2.45, 2.75) is 0 Å². The smallest absolute Gasteiger partial charge is 0.0701 e. The van der Waals surface area contributed by atoms with Crippen LogP contribution in [0.5, 0.6) is 0 Å². The molecule has 0 aliphatic carbocycles. The highest BCUT2D eigenvalue weighted by molar-refractivity contribution is 4.45. The number of aliphatic hydroxyl groups is 1. The molecule has 20 heavy (non-hydrogen) atoms. The SMILES string of the molecule is COCCOCCOCCNCCOCCOCCO. The fourth-order valence-electron chi connectivity index (χ4n) is 1.26. The summed E-state index contributed by atoms with van der Waals surface area (Å²) in [6.45, 7) is 6.80. The van der Waals surface area contributed by atoms with E-state index in [0.29, 0.717) is 59.5 Å². The Kier molecular flexibility index (Phi) is 18.5. The minimum atomic E-state index is 0.0545. The minimum absolute atomic E-state index is 0.0545. The van der Waals surface area contributed by atoms with Gasteiger partial charge in [-0.3, -0.25) is 0 Å². The molecule has 0 atom stereocenters. The maximum atomic E-state index is 8.48. The highest BCUT2D eigenvalue weighted by Gasteiger charge is 1.92. The van der Waals surface area contributed by atoms with E-state index >= 15 is 0 Å². The number of rotatable bonds is 17. The predicted molar refractivity (Wildman–Crippen MR) is 75.1 cm³/mol. The maximum Gasteiger partial charge on any atom is 0.0701 e. The molecule has 122 valence electrons. The van der Waals surface area contributed by atoms with Crippen molar-refractivity contribution in [1.29, 1.82) is 0 Å². The summed E-state index contributed by atoms with van der Waals surface area (Å²) in [5.41, 5.74) is 0. The molecule has 0 radical (unpaired) electrons. The molecule has 0 aliphatic rings. The molecule has 0 aromatic rings. The van der Waals surface area contributed by atoms with Gasteiger partial charge in [-0.1, -0.05) is 0 Å². The zero-order valence-corrected chi connectivity index (χ0v) is 12.5. The van der Waals surface area contributed by atoms with E-state index in [9.17, 15) is 0 Å². The van der Waals surface area contributed by atoms with E-state index < -0.39 is 0 Å². The van der Waals surface area contributed by atoms with Gasteiger partial charge >= 0.3 is 0 Å². The first-order chi connectivity index (χ1) is 9.91. The summed E-state index contributed by atoms with van der Waals surface area (Å²) in [6, 6.07) is 0. The molecule has 2 N–H and O–H groups in total. The van der Waals surface area contributed by atoms with Gasteiger partial charge < -0.3 is 34.1 Å². The van der Waals surface area contributed by atoms with Crippen molar-refractivity contribution >= 4 is 0 Å². The molecule has 0 spiro atoms. The van der Waals surface area contributed by atoms with Gasteiger partial charge in [0.15, 0.2) is 0 Å². The van der Waals surface area contributed by atoms with E-state index in [2.05, 4.69) is 5.32 Å². The van der Waals surface area contributed by atoms with Crippen molar-refractivity contribution in [2.24, 2.45) is 0 Å². The second-order valence-corrected chi connectivity index (χ2v) is 3.92. The molecule has 0 aromatic heterocycles. The lowest BCUT2D eigenvalue weighted by molar-refractivity contribution is 0.0239. The molecular formula is C13H29NO6. The fourth-order valence-corrected chi connectivity index (χ4v) is 1.26. The van der Waals surface area contributed by atoms with Crippen molar-refractivity contribution in [3.05, 3.63) is 0 Å². The summed E-state index contributed by atoms with van der Waals surface area (Å²) in [5.74, 6) is 0.